The predicted molar refractivity (Wildman–Crippen MR) is 72.1 cm³/mol. The Labute approximate surface area is 114 Å². The number of carbonyl (C=O) groups excluding carboxylic acids is 1. The summed E-state index contributed by atoms with van der Waals surface area (Å²) in [4.78, 5) is 23.9. The second kappa shape index (κ2) is 5.58. The minimum Gasteiger partial charge on any atom is -0.478 e. The van der Waals surface area contributed by atoms with Crippen molar-refractivity contribution in [2.75, 3.05) is 18.5 Å². The molecule has 3 N–H and O–H groups in total. The molecule has 19 heavy (non-hydrogen) atoms. The first-order chi connectivity index (χ1) is 8.99. The third kappa shape index (κ3) is 3.05. The fourth-order valence-corrected chi connectivity index (χ4v) is 2.99. The van der Waals surface area contributed by atoms with Gasteiger partial charge in [0, 0.05) is 11.5 Å². The molecule has 0 saturated carbocycles. The van der Waals surface area contributed by atoms with Crippen molar-refractivity contribution >= 4 is 28.3 Å². The lowest BCUT2D eigenvalue weighted by Crippen LogP contribution is -2.38. The van der Waals surface area contributed by atoms with Gasteiger partial charge in [-0.1, -0.05) is 0 Å². The molecule has 7 heteroatoms. The van der Waals surface area contributed by atoms with Gasteiger partial charge in [0.2, 0.25) is 0 Å². The lowest BCUT2D eigenvalue weighted by Gasteiger charge is -2.11. The zero-order valence-electron chi connectivity index (χ0n) is 10.8. The summed E-state index contributed by atoms with van der Waals surface area (Å²) in [5.74, 6) is -1.03. The number of carbonyl (C=O) groups is 2. The average molecular weight is 284 g/mol. The van der Waals surface area contributed by atoms with Crippen LogP contribution in [0.5, 0.6) is 0 Å². The van der Waals surface area contributed by atoms with Crippen LogP contribution in [0.4, 0.5) is 9.80 Å². The second-order valence-electron chi connectivity index (χ2n) is 4.45. The molecule has 104 valence electrons. The first-order valence-electron chi connectivity index (χ1n) is 5.97. The predicted octanol–water partition coefficient (Wildman–Crippen LogP) is 1.97. The maximum absolute atomic E-state index is 11.8. The molecule has 6 nitrogen and oxygen atoms in total. The number of thiophene rings is 1. The molecule has 0 radical (unpaired) electrons. The molecule has 2 heterocycles. The van der Waals surface area contributed by atoms with Crippen LogP contribution in [-0.4, -0.2) is 36.4 Å². The highest BCUT2D eigenvalue weighted by Crippen LogP contribution is 2.32. The fourth-order valence-electron chi connectivity index (χ4n) is 1.95. The van der Waals surface area contributed by atoms with E-state index in [0.717, 1.165) is 11.3 Å². The van der Waals surface area contributed by atoms with Gasteiger partial charge in [0.15, 0.2) is 0 Å². The molecule has 0 aromatic carbocycles. The van der Waals surface area contributed by atoms with Crippen LogP contribution in [0.25, 0.3) is 0 Å². The molecule has 1 unspecified atom stereocenters. The molecular weight excluding hydrogens is 268 g/mol. The van der Waals surface area contributed by atoms with E-state index >= 15 is 0 Å². The Bertz CT molecular complexity index is 506. The van der Waals surface area contributed by atoms with E-state index < -0.39 is 5.97 Å². The smallest absolute Gasteiger partial charge is 0.338 e. The van der Waals surface area contributed by atoms with Crippen molar-refractivity contribution < 1.29 is 19.4 Å². The number of carboxylic acid groups (broad SMARTS) is 1. The number of anilines is 1. The average Bonchev–Trinajstić information content (AvgIpc) is 2.88. The summed E-state index contributed by atoms with van der Waals surface area (Å²) < 4.78 is 5.16. The normalized spacial score (nSPS) is 18.3. The van der Waals surface area contributed by atoms with Crippen molar-refractivity contribution in [3.05, 3.63) is 16.0 Å². The van der Waals surface area contributed by atoms with Gasteiger partial charge in [-0.3, -0.25) is 5.32 Å². The van der Waals surface area contributed by atoms with E-state index in [1.165, 1.54) is 11.3 Å². The van der Waals surface area contributed by atoms with Crippen LogP contribution in [0.15, 0.2) is 0 Å². The van der Waals surface area contributed by atoms with Crippen LogP contribution in [0.3, 0.4) is 0 Å². The molecule has 1 aliphatic heterocycles. The molecule has 1 fully saturated rings. The molecule has 0 spiro atoms. The second-order valence-corrected chi connectivity index (χ2v) is 5.68. The van der Waals surface area contributed by atoms with Gasteiger partial charge in [-0.05, 0) is 25.8 Å². The van der Waals surface area contributed by atoms with Crippen LogP contribution in [0.1, 0.15) is 27.2 Å². The lowest BCUT2D eigenvalue weighted by atomic mass is 10.1. The van der Waals surface area contributed by atoms with E-state index in [4.69, 9.17) is 4.74 Å². The van der Waals surface area contributed by atoms with E-state index in [1.54, 1.807) is 6.92 Å². The van der Waals surface area contributed by atoms with E-state index in [-0.39, 0.29) is 17.6 Å². The van der Waals surface area contributed by atoms with Crippen molar-refractivity contribution in [3.8, 4) is 0 Å². The molecule has 1 aromatic rings. The Morgan fingerprint density at radius 2 is 2.16 bits per heavy atom. The lowest BCUT2D eigenvalue weighted by molar-refractivity contribution is 0.0697. The number of carboxylic acids is 1. The van der Waals surface area contributed by atoms with Crippen molar-refractivity contribution in [2.45, 2.75) is 26.3 Å². The molecule has 0 aliphatic carbocycles. The number of amides is 2. The van der Waals surface area contributed by atoms with Crippen molar-refractivity contribution in [2.24, 2.45) is 0 Å². The highest BCUT2D eigenvalue weighted by molar-refractivity contribution is 7.16. The minimum absolute atomic E-state index is 0.00423. The first kappa shape index (κ1) is 13.8. The number of aryl methyl sites for hydroxylation is 1. The summed E-state index contributed by atoms with van der Waals surface area (Å²) in [7, 11) is 0. The van der Waals surface area contributed by atoms with Crippen LogP contribution in [0, 0.1) is 13.8 Å². The molecule has 1 aliphatic rings. The van der Waals surface area contributed by atoms with Crippen molar-refractivity contribution in [3.63, 3.8) is 0 Å². The Kier molecular flexibility index (Phi) is 4.06. The number of hydrogen-bond donors (Lipinski definition) is 3. The Hall–Kier alpha value is -1.60. The van der Waals surface area contributed by atoms with Gasteiger partial charge in [0.05, 0.1) is 18.2 Å². The number of ether oxygens (including phenoxy) is 1. The SMILES string of the molecule is Cc1sc(NC(=O)NC2CCOC2)c(C(=O)O)c1C. The third-order valence-corrected chi connectivity index (χ3v) is 4.21. The van der Waals surface area contributed by atoms with Gasteiger partial charge in [-0.15, -0.1) is 11.3 Å². The highest BCUT2D eigenvalue weighted by atomic mass is 32.1. The van der Waals surface area contributed by atoms with Gasteiger partial charge in [0.25, 0.3) is 0 Å². The van der Waals surface area contributed by atoms with Gasteiger partial charge >= 0.3 is 12.0 Å². The number of aromatic carboxylic acids is 1. The molecule has 1 aromatic heterocycles. The maximum Gasteiger partial charge on any atom is 0.338 e. The number of hydrogen-bond acceptors (Lipinski definition) is 4. The molecule has 2 rings (SSSR count). The quantitative estimate of drug-likeness (QED) is 0.792. The molecule has 2 amide bonds. The summed E-state index contributed by atoms with van der Waals surface area (Å²) in [5, 5.41) is 14.9. The number of urea groups is 1. The monoisotopic (exact) mass is 284 g/mol. The molecule has 1 saturated heterocycles. The molecule has 0 bridgehead atoms. The summed E-state index contributed by atoms with van der Waals surface area (Å²) in [6, 6.07) is -0.394. The summed E-state index contributed by atoms with van der Waals surface area (Å²) >= 11 is 1.27. The zero-order valence-corrected chi connectivity index (χ0v) is 11.6. The summed E-state index contributed by atoms with van der Waals surface area (Å²) in [6.07, 6.45) is 0.779. The number of rotatable bonds is 3. The van der Waals surface area contributed by atoms with Gasteiger partial charge < -0.3 is 15.2 Å². The minimum atomic E-state index is -1.03. The third-order valence-electron chi connectivity index (χ3n) is 3.09. The van der Waals surface area contributed by atoms with Crippen molar-refractivity contribution in [1.29, 1.82) is 0 Å². The van der Waals surface area contributed by atoms with E-state index in [0.29, 0.717) is 23.8 Å². The van der Waals surface area contributed by atoms with Crippen molar-refractivity contribution in [1.82, 2.24) is 5.32 Å². The van der Waals surface area contributed by atoms with Gasteiger partial charge in [0.1, 0.15) is 5.00 Å². The fraction of sp³-hybridized carbons (Fsp3) is 0.500. The highest BCUT2D eigenvalue weighted by Gasteiger charge is 2.22. The summed E-state index contributed by atoms with van der Waals surface area (Å²) in [5.41, 5.74) is 0.859. The zero-order chi connectivity index (χ0) is 14.0. The molecule has 1 atom stereocenters. The number of nitrogens with one attached hydrogen (secondary N) is 2. The van der Waals surface area contributed by atoms with Crippen LogP contribution >= 0.6 is 11.3 Å². The standard InChI is InChI=1S/C12H16N2O4S/c1-6-7(2)19-10(9(6)11(15)16)14-12(17)13-8-3-4-18-5-8/h8H,3-5H2,1-2H3,(H,15,16)(H2,13,14,17). The molecular formula is C12H16N2O4S. The van der Waals surface area contributed by atoms with E-state index in [9.17, 15) is 14.7 Å². The van der Waals surface area contributed by atoms with Gasteiger partial charge in [-0.2, -0.15) is 0 Å². The van der Waals surface area contributed by atoms with Crippen LogP contribution in [0.2, 0.25) is 0 Å². The van der Waals surface area contributed by atoms with Gasteiger partial charge in [-0.25, -0.2) is 9.59 Å². The largest absolute Gasteiger partial charge is 0.478 e. The topological polar surface area (TPSA) is 87.7 Å². The summed E-state index contributed by atoms with van der Waals surface area (Å²) in [6.45, 7) is 4.72. The Morgan fingerprint density at radius 3 is 2.74 bits per heavy atom. The maximum atomic E-state index is 11.8. The first-order valence-corrected chi connectivity index (χ1v) is 6.79. The Morgan fingerprint density at radius 1 is 1.42 bits per heavy atom. The van der Waals surface area contributed by atoms with E-state index in [2.05, 4.69) is 10.6 Å². The van der Waals surface area contributed by atoms with E-state index in [1.807, 2.05) is 6.92 Å². The van der Waals surface area contributed by atoms with Crippen LogP contribution in [-0.2, 0) is 4.74 Å². The van der Waals surface area contributed by atoms with Crippen LogP contribution < -0.4 is 10.6 Å². The Balaban J connectivity index is 2.07.